The molecule has 1 atom stereocenters. The molecule has 0 amide bonds. The molecule has 1 unspecified atom stereocenters. The Balaban J connectivity index is 0.000000273. The number of nitrogens with one attached hydrogen (secondary N) is 1. The topological polar surface area (TPSA) is 69.2 Å². The first kappa shape index (κ1) is 22.8. The Morgan fingerprint density at radius 1 is 1.23 bits per heavy atom. The summed E-state index contributed by atoms with van der Waals surface area (Å²) in [5.74, 6) is 0. The van der Waals surface area contributed by atoms with Crippen LogP contribution in [0.15, 0.2) is 43.0 Å². The summed E-state index contributed by atoms with van der Waals surface area (Å²) in [5.41, 5.74) is 1.42. The van der Waals surface area contributed by atoms with Crippen molar-refractivity contribution in [3.63, 3.8) is 0 Å². The Morgan fingerprint density at radius 2 is 1.81 bits per heavy atom. The van der Waals surface area contributed by atoms with Gasteiger partial charge >= 0.3 is 0 Å². The maximum absolute atomic E-state index is 10.2. The van der Waals surface area contributed by atoms with E-state index in [2.05, 4.69) is 62.7 Å². The van der Waals surface area contributed by atoms with Gasteiger partial charge in [-0.1, -0.05) is 63.1 Å². The zero-order valence-corrected chi connectivity index (χ0v) is 17.2. The van der Waals surface area contributed by atoms with Crippen LogP contribution in [0.1, 0.15) is 57.1 Å². The lowest BCUT2D eigenvalue weighted by atomic mass is 9.96. The van der Waals surface area contributed by atoms with Gasteiger partial charge in [-0.2, -0.15) is 0 Å². The summed E-state index contributed by atoms with van der Waals surface area (Å²) < 4.78 is 33.7. The van der Waals surface area contributed by atoms with E-state index in [1.807, 2.05) is 6.08 Å². The van der Waals surface area contributed by atoms with Gasteiger partial charge in [-0.05, 0) is 18.9 Å². The molecule has 0 radical (unpaired) electrons. The third-order valence-electron chi connectivity index (χ3n) is 4.93. The molecule has 0 aliphatic heterocycles. The summed E-state index contributed by atoms with van der Waals surface area (Å²) in [6.07, 6.45) is 7.97. The lowest BCUT2D eigenvalue weighted by Gasteiger charge is -2.37. The second-order valence-corrected chi connectivity index (χ2v) is 8.64. The van der Waals surface area contributed by atoms with Gasteiger partial charge in [0.1, 0.15) is 6.04 Å². The first-order chi connectivity index (χ1) is 12.2. The van der Waals surface area contributed by atoms with Gasteiger partial charge in [0, 0.05) is 18.0 Å². The maximum Gasteiger partial charge on any atom is 0.159 e. The number of hydrogen-bond acceptors (Lipinski definition) is 3. The maximum atomic E-state index is 10.2. The molecule has 1 fully saturated rings. The van der Waals surface area contributed by atoms with E-state index in [-0.39, 0.29) is 6.04 Å². The quantitative estimate of drug-likeness (QED) is 0.443. The number of hydrogen-bond donors (Lipinski definition) is 1. The highest BCUT2D eigenvalue weighted by Crippen LogP contribution is 2.27. The third-order valence-corrected chi connectivity index (χ3v) is 5.55. The molecule has 0 bridgehead atoms. The lowest BCUT2D eigenvalue weighted by Crippen LogP contribution is -2.42. The molecule has 148 valence electrons. The van der Waals surface area contributed by atoms with Crippen LogP contribution in [0.4, 0.5) is 0 Å². The van der Waals surface area contributed by atoms with E-state index in [0.29, 0.717) is 6.04 Å². The highest BCUT2D eigenvalue weighted by atomic mass is 32.2. The van der Waals surface area contributed by atoms with Crippen molar-refractivity contribution in [2.75, 3.05) is 20.6 Å². The number of quaternary nitrogens is 1. The molecule has 0 aromatic heterocycles. The second-order valence-electron chi connectivity index (χ2n) is 7.49. The highest BCUT2D eigenvalue weighted by Gasteiger charge is 2.26. The zero-order valence-electron chi connectivity index (χ0n) is 16.4. The van der Waals surface area contributed by atoms with Gasteiger partial charge in [0.15, 0.2) is 10.3 Å². The normalized spacial score (nSPS) is 17.1. The minimum Gasteiger partial charge on any atom is -0.735 e. The van der Waals surface area contributed by atoms with Crippen molar-refractivity contribution >= 4 is 10.3 Å². The van der Waals surface area contributed by atoms with Crippen LogP contribution in [0.25, 0.3) is 0 Å². The SMILES string of the molecule is C=CC[N+](C)(C)C(CC)c1ccccc1.O=S(=O)([O-])NC1CCCCC1. The molecule has 5 nitrogen and oxygen atoms in total. The van der Waals surface area contributed by atoms with Crippen LogP contribution >= 0.6 is 0 Å². The molecule has 1 aliphatic rings. The molecule has 0 saturated heterocycles. The first-order valence-electron chi connectivity index (χ1n) is 9.41. The fraction of sp³-hybridized carbons (Fsp3) is 0.600. The van der Waals surface area contributed by atoms with Crippen molar-refractivity contribution in [2.45, 2.75) is 57.5 Å². The van der Waals surface area contributed by atoms with E-state index >= 15 is 0 Å². The molecule has 0 spiro atoms. The molecule has 26 heavy (non-hydrogen) atoms. The molecule has 1 N–H and O–H groups in total. The summed E-state index contributed by atoms with van der Waals surface area (Å²) in [4.78, 5) is 0. The standard InChI is InChI=1S/C14H22N.C6H13NO3S/c1-5-12-15(3,4)14(6-2)13-10-8-7-9-11-13;8-11(9,10)7-6-4-2-1-3-5-6/h5,7-11,14H,1,6,12H2,2-4H3;6-7H,1-5H2,(H,8,9,10)/q+1;/p-1. The van der Waals surface area contributed by atoms with Crippen molar-refractivity contribution in [3.8, 4) is 0 Å². The Bertz CT molecular complexity index is 624. The molecule has 2 rings (SSSR count). The fourth-order valence-electron chi connectivity index (χ4n) is 3.69. The summed E-state index contributed by atoms with van der Waals surface area (Å²) in [6, 6.07) is 11.2. The van der Waals surface area contributed by atoms with E-state index in [9.17, 15) is 13.0 Å². The Hall–Kier alpha value is -1.21. The van der Waals surface area contributed by atoms with E-state index in [0.717, 1.165) is 49.6 Å². The van der Waals surface area contributed by atoms with Crippen LogP contribution in [0.2, 0.25) is 0 Å². The number of likely N-dealkylation sites (N-methyl/N-ethyl adjacent to an activating group) is 1. The van der Waals surface area contributed by atoms with Gasteiger partial charge in [-0.15, -0.1) is 0 Å². The number of nitrogens with zero attached hydrogens (tertiary/aromatic N) is 1. The van der Waals surface area contributed by atoms with Gasteiger partial charge < -0.3 is 9.04 Å². The zero-order chi connectivity index (χ0) is 19.6. The molecule has 1 aromatic rings. The Kier molecular flexibility index (Phi) is 9.50. The van der Waals surface area contributed by atoms with Crippen molar-refractivity contribution in [3.05, 3.63) is 48.6 Å². The number of benzene rings is 1. The minimum absolute atomic E-state index is 0.105. The molecular weight excluding hydrogens is 348 g/mol. The van der Waals surface area contributed by atoms with E-state index in [1.165, 1.54) is 5.56 Å². The predicted molar refractivity (Wildman–Crippen MR) is 106 cm³/mol. The third kappa shape index (κ3) is 8.45. The van der Waals surface area contributed by atoms with E-state index < -0.39 is 10.3 Å². The van der Waals surface area contributed by atoms with Crippen LogP contribution in [0.3, 0.4) is 0 Å². The molecule has 1 saturated carbocycles. The molecule has 6 heteroatoms. The molecule has 0 heterocycles. The Labute approximate surface area is 159 Å². The minimum atomic E-state index is -4.22. The van der Waals surface area contributed by atoms with Crippen LogP contribution in [-0.2, 0) is 10.3 Å². The van der Waals surface area contributed by atoms with Crippen LogP contribution in [0.5, 0.6) is 0 Å². The smallest absolute Gasteiger partial charge is 0.159 e. The van der Waals surface area contributed by atoms with Gasteiger partial charge in [-0.3, -0.25) is 0 Å². The van der Waals surface area contributed by atoms with Crippen molar-refractivity contribution < 1.29 is 17.5 Å². The second kappa shape index (κ2) is 10.8. The fourth-order valence-corrected chi connectivity index (χ4v) is 4.34. The Morgan fingerprint density at radius 3 is 2.27 bits per heavy atom. The van der Waals surface area contributed by atoms with Crippen molar-refractivity contribution in [1.82, 2.24) is 4.72 Å². The van der Waals surface area contributed by atoms with Crippen molar-refractivity contribution in [1.29, 1.82) is 0 Å². The average molecular weight is 383 g/mol. The summed E-state index contributed by atoms with van der Waals surface area (Å²) in [6.45, 7) is 7.10. The average Bonchev–Trinajstić information content (AvgIpc) is 2.56. The predicted octanol–water partition coefficient (Wildman–Crippen LogP) is 3.77. The van der Waals surface area contributed by atoms with Gasteiger partial charge in [0.05, 0.1) is 20.6 Å². The van der Waals surface area contributed by atoms with E-state index in [4.69, 9.17) is 0 Å². The first-order valence-corrected chi connectivity index (χ1v) is 10.8. The number of rotatable bonds is 7. The van der Waals surface area contributed by atoms with E-state index in [1.54, 1.807) is 0 Å². The van der Waals surface area contributed by atoms with Crippen molar-refractivity contribution in [2.24, 2.45) is 0 Å². The van der Waals surface area contributed by atoms with Crippen LogP contribution < -0.4 is 4.72 Å². The molecular formula is C20H34N2O3S. The van der Waals surface area contributed by atoms with Crippen LogP contribution in [0, 0.1) is 0 Å². The summed E-state index contributed by atoms with van der Waals surface area (Å²) >= 11 is 0. The van der Waals surface area contributed by atoms with Gasteiger partial charge in [-0.25, -0.2) is 13.1 Å². The molecule has 1 aromatic carbocycles. The summed E-state index contributed by atoms with van der Waals surface area (Å²) in [5, 5.41) is 0. The lowest BCUT2D eigenvalue weighted by molar-refractivity contribution is -0.915. The monoisotopic (exact) mass is 382 g/mol. The van der Waals surface area contributed by atoms with Gasteiger partial charge in [0.25, 0.3) is 0 Å². The highest BCUT2D eigenvalue weighted by molar-refractivity contribution is 7.83. The largest absolute Gasteiger partial charge is 0.735 e. The molecule has 1 aliphatic carbocycles. The van der Waals surface area contributed by atoms with Crippen LogP contribution in [-0.4, -0.2) is 44.1 Å². The van der Waals surface area contributed by atoms with Gasteiger partial charge in [0.2, 0.25) is 0 Å². The summed E-state index contributed by atoms with van der Waals surface area (Å²) in [7, 11) is 0.310.